The van der Waals surface area contributed by atoms with Crippen molar-refractivity contribution in [3.05, 3.63) is 0 Å². The van der Waals surface area contributed by atoms with Crippen LogP contribution in [0.25, 0.3) is 0 Å². The van der Waals surface area contributed by atoms with Gasteiger partial charge in [0.1, 0.15) is 0 Å². The van der Waals surface area contributed by atoms with Gasteiger partial charge in [0.25, 0.3) is 0 Å². The molecule has 4 nitrogen and oxygen atoms in total. The Balaban J connectivity index is 4.29. The van der Waals surface area contributed by atoms with Crippen LogP contribution in [0.2, 0.25) is 0 Å². The Hall–Kier alpha value is -0.600. The third-order valence-corrected chi connectivity index (χ3v) is 3.98. The molecule has 0 saturated heterocycles. The van der Waals surface area contributed by atoms with E-state index in [0.29, 0.717) is 18.9 Å². The van der Waals surface area contributed by atoms with Crippen molar-refractivity contribution in [1.29, 1.82) is 5.26 Å². The van der Waals surface area contributed by atoms with Crippen LogP contribution in [0.15, 0.2) is 0 Å². The molecule has 0 bridgehead atoms. The lowest BCUT2D eigenvalue weighted by atomic mass is 10.1. The van der Waals surface area contributed by atoms with Crippen molar-refractivity contribution < 1.29 is 8.42 Å². The van der Waals surface area contributed by atoms with E-state index in [-0.39, 0.29) is 0 Å². The van der Waals surface area contributed by atoms with Crippen LogP contribution in [0.5, 0.6) is 0 Å². The van der Waals surface area contributed by atoms with E-state index in [1.807, 2.05) is 13.8 Å². The second kappa shape index (κ2) is 5.99. The Bertz CT molecular complexity index is 292. The Morgan fingerprint density at radius 3 is 2.29 bits per heavy atom. The smallest absolute Gasteiger partial charge is 0.214 e. The maximum absolute atomic E-state index is 11.5. The first-order valence-corrected chi connectivity index (χ1v) is 6.40. The molecule has 0 aromatic carbocycles. The zero-order chi connectivity index (χ0) is 11.2. The van der Waals surface area contributed by atoms with Crippen LogP contribution < -0.4 is 4.72 Å². The van der Waals surface area contributed by atoms with Crippen LogP contribution in [0.3, 0.4) is 0 Å². The Kier molecular flexibility index (Phi) is 5.73. The summed E-state index contributed by atoms with van der Waals surface area (Å²) in [7, 11) is -3.44. The van der Waals surface area contributed by atoms with Crippen molar-refractivity contribution in [3.63, 3.8) is 0 Å². The molecule has 0 spiro atoms. The molecule has 0 saturated carbocycles. The van der Waals surface area contributed by atoms with E-state index in [1.165, 1.54) is 0 Å². The Morgan fingerprint density at radius 2 is 1.93 bits per heavy atom. The van der Waals surface area contributed by atoms with E-state index < -0.39 is 15.3 Å². The summed E-state index contributed by atoms with van der Waals surface area (Å²) < 4.78 is 25.4. The second-order valence-electron chi connectivity index (χ2n) is 3.43. The summed E-state index contributed by atoms with van der Waals surface area (Å²) in [6, 6.07) is 1.78. The molecule has 0 rings (SSSR count). The molecular weight excluding hydrogens is 200 g/mol. The summed E-state index contributed by atoms with van der Waals surface area (Å²) in [6.07, 6.45) is 1.25. The number of nitrogens with zero attached hydrogens (tertiary/aromatic N) is 1. The average molecular weight is 218 g/mol. The van der Waals surface area contributed by atoms with E-state index in [4.69, 9.17) is 5.26 Å². The van der Waals surface area contributed by atoms with Crippen LogP contribution in [0.1, 0.15) is 33.6 Å². The van der Waals surface area contributed by atoms with Crippen molar-refractivity contribution >= 4 is 10.0 Å². The van der Waals surface area contributed by atoms with Crippen LogP contribution in [-0.2, 0) is 10.0 Å². The van der Waals surface area contributed by atoms with Gasteiger partial charge in [0.15, 0.2) is 5.25 Å². The first kappa shape index (κ1) is 13.4. The largest absolute Gasteiger partial charge is 0.227 e. The van der Waals surface area contributed by atoms with Crippen molar-refractivity contribution in [1.82, 2.24) is 4.72 Å². The molecule has 5 heteroatoms. The summed E-state index contributed by atoms with van der Waals surface area (Å²) in [5.74, 6) is 0.306. The van der Waals surface area contributed by atoms with Crippen LogP contribution in [0.4, 0.5) is 0 Å². The highest BCUT2D eigenvalue weighted by Crippen LogP contribution is 2.05. The fourth-order valence-corrected chi connectivity index (χ4v) is 2.18. The number of hydrogen-bond acceptors (Lipinski definition) is 3. The van der Waals surface area contributed by atoms with Crippen LogP contribution in [-0.4, -0.2) is 20.2 Å². The molecular formula is C9H18N2O2S. The summed E-state index contributed by atoms with van der Waals surface area (Å²) in [4.78, 5) is 0. The lowest BCUT2D eigenvalue weighted by molar-refractivity contribution is 0.524. The first-order valence-electron chi connectivity index (χ1n) is 4.86. The molecule has 0 aromatic rings. The maximum atomic E-state index is 11.5. The van der Waals surface area contributed by atoms with Gasteiger partial charge in [-0.2, -0.15) is 5.26 Å². The standard InChI is InChI=1S/C9H18N2O2S/c1-4-8(3)7-11-14(12,13)9(5-2)6-10/h8-9,11H,4-5,7H2,1-3H3. The Morgan fingerprint density at radius 1 is 1.36 bits per heavy atom. The highest BCUT2D eigenvalue weighted by Gasteiger charge is 2.22. The minimum Gasteiger partial charge on any atom is -0.214 e. The first-order chi connectivity index (χ1) is 6.47. The SMILES string of the molecule is CCC(C)CNS(=O)(=O)C(C#N)CC. The quantitative estimate of drug-likeness (QED) is 0.729. The third-order valence-electron chi connectivity index (χ3n) is 2.22. The average Bonchev–Trinajstić information content (AvgIpc) is 2.15. The third kappa shape index (κ3) is 4.07. The second-order valence-corrected chi connectivity index (χ2v) is 5.38. The minimum absolute atomic E-state index is 0.306. The van der Waals surface area contributed by atoms with Crippen molar-refractivity contribution in [2.45, 2.75) is 38.9 Å². The number of sulfonamides is 1. The van der Waals surface area contributed by atoms with Gasteiger partial charge in [0.2, 0.25) is 10.0 Å². The molecule has 2 unspecified atom stereocenters. The summed E-state index contributed by atoms with van der Waals surface area (Å²) >= 11 is 0. The Labute approximate surface area is 86.4 Å². The summed E-state index contributed by atoms with van der Waals surface area (Å²) in [6.45, 7) is 6.07. The topological polar surface area (TPSA) is 70.0 Å². The zero-order valence-corrected chi connectivity index (χ0v) is 9.76. The van der Waals surface area contributed by atoms with E-state index in [0.717, 1.165) is 6.42 Å². The molecule has 0 aliphatic carbocycles. The van der Waals surface area contributed by atoms with Gasteiger partial charge in [-0.15, -0.1) is 0 Å². The van der Waals surface area contributed by atoms with Gasteiger partial charge < -0.3 is 0 Å². The molecule has 0 fully saturated rings. The molecule has 2 atom stereocenters. The normalized spacial score (nSPS) is 15.9. The number of nitriles is 1. The molecule has 14 heavy (non-hydrogen) atoms. The summed E-state index contributed by atoms with van der Waals surface area (Å²) in [5.41, 5.74) is 0. The minimum atomic E-state index is -3.44. The molecule has 82 valence electrons. The van der Waals surface area contributed by atoms with E-state index in [9.17, 15) is 8.42 Å². The van der Waals surface area contributed by atoms with Gasteiger partial charge >= 0.3 is 0 Å². The predicted molar refractivity (Wildman–Crippen MR) is 56.1 cm³/mol. The van der Waals surface area contributed by atoms with Gasteiger partial charge in [-0.25, -0.2) is 13.1 Å². The van der Waals surface area contributed by atoms with E-state index >= 15 is 0 Å². The predicted octanol–water partition coefficient (Wildman–Crippen LogP) is 1.25. The molecule has 1 N–H and O–H groups in total. The van der Waals surface area contributed by atoms with Gasteiger partial charge in [0, 0.05) is 6.54 Å². The van der Waals surface area contributed by atoms with Crippen molar-refractivity contribution in [3.8, 4) is 6.07 Å². The molecule has 0 aromatic heterocycles. The van der Waals surface area contributed by atoms with Crippen LogP contribution in [0, 0.1) is 17.2 Å². The van der Waals surface area contributed by atoms with Gasteiger partial charge in [-0.05, 0) is 12.3 Å². The highest BCUT2D eigenvalue weighted by molar-refractivity contribution is 7.90. The molecule has 0 aliphatic heterocycles. The van der Waals surface area contributed by atoms with Gasteiger partial charge in [-0.1, -0.05) is 27.2 Å². The van der Waals surface area contributed by atoms with E-state index in [2.05, 4.69) is 4.72 Å². The van der Waals surface area contributed by atoms with Gasteiger partial charge in [0.05, 0.1) is 6.07 Å². The molecule has 0 aliphatic rings. The zero-order valence-electron chi connectivity index (χ0n) is 8.95. The monoisotopic (exact) mass is 218 g/mol. The van der Waals surface area contributed by atoms with E-state index in [1.54, 1.807) is 13.0 Å². The number of rotatable bonds is 6. The summed E-state index contributed by atoms with van der Waals surface area (Å²) in [5, 5.41) is 7.69. The van der Waals surface area contributed by atoms with Crippen molar-refractivity contribution in [2.75, 3.05) is 6.54 Å². The highest BCUT2D eigenvalue weighted by atomic mass is 32.2. The molecule has 0 amide bonds. The number of hydrogen-bond donors (Lipinski definition) is 1. The number of nitrogens with one attached hydrogen (secondary N) is 1. The fourth-order valence-electron chi connectivity index (χ4n) is 0.883. The van der Waals surface area contributed by atoms with Gasteiger partial charge in [-0.3, -0.25) is 0 Å². The lowest BCUT2D eigenvalue weighted by Crippen LogP contribution is -2.35. The lowest BCUT2D eigenvalue weighted by Gasteiger charge is -2.12. The maximum Gasteiger partial charge on any atom is 0.227 e. The van der Waals surface area contributed by atoms with Crippen molar-refractivity contribution in [2.24, 2.45) is 5.92 Å². The van der Waals surface area contributed by atoms with Crippen LogP contribution >= 0.6 is 0 Å². The fraction of sp³-hybridized carbons (Fsp3) is 0.889. The molecule has 0 heterocycles. The molecule has 0 radical (unpaired) electrons.